The molecular formula is C16H19N3O3S. The Balaban J connectivity index is 1.55. The molecule has 0 atom stereocenters. The molecule has 2 heterocycles. The van der Waals surface area contributed by atoms with E-state index < -0.39 is 0 Å². The van der Waals surface area contributed by atoms with Crippen molar-refractivity contribution in [1.29, 1.82) is 0 Å². The number of hydrogen-bond acceptors (Lipinski definition) is 6. The van der Waals surface area contributed by atoms with Crippen molar-refractivity contribution in [2.45, 2.75) is 25.0 Å². The number of likely N-dealkylation sites (tertiary alicyclic amines) is 1. The zero-order valence-corrected chi connectivity index (χ0v) is 13.8. The lowest BCUT2D eigenvalue weighted by atomic mass is 9.99. The van der Waals surface area contributed by atoms with Gasteiger partial charge in [-0.25, -0.2) is 0 Å². The maximum Gasteiger partial charge on any atom is 0.277 e. The van der Waals surface area contributed by atoms with Crippen molar-refractivity contribution in [3.05, 3.63) is 24.3 Å². The summed E-state index contributed by atoms with van der Waals surface area (Å²) in [5.74, 6) is 1.70. The Kier molecular flexibility index (Phi) is 4.85. The summed E-state index contributed by atoms with van der Waals surface area (Å²) in [6.45, 7) is 3.90. The van der Waals surface area contributed by atoms with E-state index in [1.54, 1.807) is 24.3 Å². The molecular weight excluding hydrogens is 314 g/mol. The molecule has 0 unspecified atom stereocenters. The molecule has 2 aromatic rings. The van der Waals surface area contributed by atoms with E-state index in [1.807, 2.05) is 4.90 Å². The molecule has 0 bridgehead atoms. The molecule has 1 aromatic heterocycles. The molecule has 3 rings (SSSR count). The number of aromatic hydroxyl groups is 1. The summed E-state index contributed by atoms with van der Waals surface area (Å²) in [7, 11) is 0. The second-order valence-electron chi connectivity index (χ2n) is 5.77. The molecule has 1 N–H and O–H groups in total. The zero-order valence-electron chi connectivity index (χ0n) is 12.9. The Morgan fingerprint density at radius 1 is 1.30 bits per heavy atom. The van der Waals surface area contributed by atoms with Gasteiger partial charge in [-0.3, -0.25) is 4.79 Å². The second kappa shape index (κ2) is 7.04. The normalized spacial score (nSPS) is 15.8. The summed E-state index contributed by atoms with van der Waals surface area (Å²) in [4.78, 5) is 14.1. The van der Waals surface area contributed by atoms with E-state index in [9.17, 15) is 9.90 Å². The van der Waals surface area contributed by atoms with Gasteiger partial charge in [-0.15, -0.1) is 10.2 Å². The van der Waals surface area contributed by atoms with Gasteiger partial charge in [0.2, 0.25) is 11.8 Å². The fourth-order valence-corrected chi connectivity index (χ4v) is 3.13. The zero-order chi connectivity index (χ0) is 16.2. The van der Waals surface area contributed by atoms with Crippen LogP contribution in [0.25, 0.3) is 11.5 Å². The number of phenols is 1. The fraction of sp³-hybridized carbons (Fsp3) is 0.438. The standard InChI is InChI=1S/C16H19N3O3S/c1-11-6-8-19(9-7-11)14(21)10-23-16-18-17-15(22-16)12-2-4-13(20)5-3-12/h2-5,11,20H,6-10H2,1H3. The van der Waals surface area contributed by atoms with Gasteiger partial charge in [-0.2, -0.15) is 0 Å². The van der Waals surface area contributed by atoms with Gasteiger partial charge in [0.1, 0.15) is 5.75 Å². The smallest absolute Gasteiger partial charge is 0.277 e. The molecule has 1 aliphatic rings. The molecule has 1 amide bonds. The van der Waals surface area contributed by atoms with E-state index in [1.165, 1.54) is 11.8 Å². The van der Waals surface area contributed by atoms with Crippen molar-refractivity contribution in [2.75, 3.05) is 18.8 Å². The average molecular weight is 333 g/mol. The number of hydrogen-bond donors (Lipinski definition) is 1. The highest BCUT2D eigenvalue weighted by Crippen LogP contribution is 2.25. The first-order chi connectivity index (χ1) is 11.1. The van der Waals surface area contributed by atoms with E-state index in [2.05, 4.69) is 17.1 Å². The van der Waals surface area contributed by atoms with E-state index in [4.69, 9.17) is 4.42 Å². The number of phenolic OH excluding ortho intramolecular Hbond substituents is 1. The highest BCUT2D eigenvalue weighted by atomic mass is 32.2. The summed E-state index contributed by atoms with van der Waals surface area (Å²) < 4.78 is 5.55. The molecule has 0 saturated carbocycles. The van der Waals surface area contributed by atoms with Crippen LogP contribution in [-0.2, 0) is 4.79 Å². The minimum absolute atomic E-state index is 0.117. The van der Waals surface area contributed by atoms with Gasteiger partial charge in [0.05, 0.1) is 5.75 Å². The molecule has 122 valence electrons. The maximum absolute atomic E-state index is 12.2. The van der Waals surface area contributed by atoms with Crippen molar-refractivity contribution in [3.63, 3.8) is 0 Å². The Hall–Kier alpha value is -2.02. The number of aromatic nitrogens is 2. The second-order valence-corrected chi connectivity index (χ2v) is 6.70. The minimum atomic E-state index is 0.117. The highest BCUT2D eigenvalue weighted by Gasteiger charge is 2.21. The van der Waals surface area contributed by atoms with Gasteiger partial charge in [-0.1, -0.05) is 18.7 Å². The maximum atomic E-state index is 12.2. The number of amides is 1. The average Bonchev–Trinajstić information content (AvgIpc) is 3.03. The Morgan fingerprint density at radius 2 is 2.00 bits per heavy atom. The lowest BCUT2D eigenvalue weighted by molar-refractivity contribution is -0.129. The summed E-state index contributed by atoms with van der Waals surface area (Å²) in [5, 5.41) is 17.6. The lowest BCUT2D eigenvalue weighted by Crippen LogP contribution is -2.38. The minimum Gasteiger partial charge on any atom is -0.508 e. The fourth-order valence-electron chi connectivity index (χ4n) is 2.46. The third-order valence-corrected chi connectivity index (χ3v) is 4.78. The van der Waals surface area contributed by atoms with E-state index >= 15 is 0 Å². The first-order valence-corrected chi connectivity index (χ1v) is 8.64. The van der Waals surface area contributed by atoms with E-state index in [0.717, 1.165) is 31.5 Å². The first kappa shape index (κ1) is 15.9. The summed E-state index contributed by atoms with van der Waals surface area (Å²) >= 11 is 1.26. The number of piperidine rings is 1. The number of carbonyl (C=O) groups excluding carboxylic acids is 1. The van der Waals surface area contributed by atoms with Crippen molar-refractivity contribution < 1.29 is 14.3 Å². The van der Waals surface area contributed by atoms with Gasteiger partial charge in [0.15, 0.2) is 0 Å². The summed E-state index contributed by atoms with van der Waals surface area (Å²) in [6, 6.07) is 6.54. The van der Waals surface area contributed by atoms with Crippen LogP contribution >= 0.6 is 11.8 Å². The third kappa shape index (κ3) is 4.04. The Labute approximate surface area is 138 Å². The van der Waals surface area contributed by atoms with Crippen molar-refractivity contribution in [3.8, 4) is 17.2 Å². The SMILES string of the molecule is CC1CCN(C(=O)CSc2nnc(-c3ccc(O)cc3)o2)CC1. The molecule has 0 spiro atoms. The van der Waals surface area contributed by atoms with Gasteiger partial charge >= 0.3 is 0 Å². The van der Waals surface area contributed by atoms with Crippen LogP contribution in [0, 0.1) is 5.92 Å². The van der Waals surface area contributed by atoms with Gasteiger partial charge in [0, 0.05) is 18.7 Å². The monoisotopic (exact) mass is 333 g/mol. The molecule has 1 saturated heterocycles. The predicted octanol–water partition coefficient (Wildman–Crippen LogP) is 2.79. The predicted molar refractivity (Wildman–Crippen MR) is 87.1 cm³/mol. The molecule has 1 aliphatic heterocycles. The molecule has 1 aromatic carbocycles. The molecule has 7 heteroatoms. The quantitative estimate of drug-likeness (QED) is 0.867. The lowest BCUT2D eigenvalue weighted by Gasteiger charge is -2.30. The number of rotatable bonds is 4. The largest absolute Gasteiger partial charge is 0.508 e. The molecule has 1 fully saturated rings. The van der Waals surface area contributed by atoms with Crippen molar-refractivity contribution >= 4 is 17.7 Å². The number of thioether (sulfide) groups is 1. The summed E-state index contributed by atoms with van der Waals surface area (Å²) in [5.41, 5.74) is 0.735. The summed E-state index contributed by atoms with van der Waals surface area (Å²) in [6.07, 6.45) is 2.14. The van der Waals surface area contributed by atoms with Gasteiger partial charge in [-0.05, 0) is 43.0 Å². The Morgan fingerprint density at radius 3 is 2.70 bits per heavy atom. The molecule has 6 nitrogen and oxygen atoms in total. The van der Waals surface area contributed by atoms with E-state index in [0.29, 0.717) is 22.8 Å². The van der Waals surface area contributed by atoms with Crippen LogP contribution in [0.5, 0.6) is 5.75 Å². The van der Waals surface area contributed by atoms with Crippen molar-refractivity contribution in [2.24, 2.45) is 5.92 Å². The van der Waals surface area contributed by atoms with Crippen LogP contribution in [0.3, 0.4) is 0 Å². The highest BCUT2D eigenvalue weighted by molar-refractivity contribution is 7.99. The first-order valence-electron chi connectivity index (χ1n) is 7.65. The Bertz CT molecular complexity index is 663. The van der Waals surface area contributed by atoms with Crippen LogP contribution in [0.1, 0.15) is 19.8 Å². The third-order valence-electron chi connectivity index (χ3n) is 3.98. The van der Waals surface area contributed by atoms with Crippen LogP contribution in [0.4, 0.5) is 0 Å². The van der Waals surface area contributed by atoms with Crippen LogP contribution in [-0.4, -0.2) is 45.0 Å². The van der Waals surface area contributed by atoms with Crippen LogP contribution in [0.15, 0.2) is 33.9 Å². The van der Waals surface area contributed by atoms with Gasteiger partial charge < -0.3 is 14.4 Å². The molecule has 23 heavy (non-hydrogen) atoms. The van der Waals surface area contributed by atoms with Crippen LogP contribution in [0.2, 0.25) is 0 Å². The topological polar surface area (TPSA) is 79.5 Å². The number of carbonyl (C=O) groups is 1. The molecule has 0 aliphatic carbocycles. The number of benzene rings is 1. The van der Waals surface area contributed by atoms with Gasteiger partial charge in [0.25, 0.3) is 5.22 Å². The molecule has 0 radical (unpaired) electrons. The van der Waals surface area contributed by atoms with Crippen LogP contribution < -0.4 is 0 Å². The number of nitrogens with zero attached hydrogens (tertiary/aromatic N) is 3. The van der Waals surface area contributed by atoms with Crippen molar-refractivity contribution in [1.82, 2.24) is 15.1 Å². The van der Waals surface area contributed by atoms with E-state index in [-0.39, 0.29) is 11.7 Å².